The second kappa shape index (κ2) is 8.35. The minimum atomic E-state index is -4.69. The molecule has 0 saturated carbocycles. The Balaban J connectivity index is 0.000000418. The molecule has 1 aromatic heterocycles. The molecule has 0 aliphatic carbocycles. The molecule has 0 radical (unpaired) electrons. The highest BCUT2D eigenvalue weighted by Crippen LogP contribution is 2.59. The number of ether oxygens (including phenoxy) is 1. The topological polar surface area (TPSA) is 124 Å². The van der Waals surface area contributed by atoms with Crippen molar-refractivity contribution in [3.8, 4) is 0 Å². The van der Waals surface area contributed by atoms with E-state index < -0.39 is 10.2 Å². The van der Waals surface area contributed by atoms with Gasteiger partial charge in [0.25, 0.3) is 0 Å². The quantitative estimate of drug-likeness (QED) is 0.655. The summed E-state index contributed by atoms with van der Waals surface area (Å²) in [5.41, 5.74) is 4.32. The van der Waals surface area contributed by atoms with Crippen molar-refractivity contribution in [3.05, 3.63) is 35.5 Å². The number of benzene rings is 1. The zero-order valence-corrected chi connectivity index (χ0v) is 18.6. The zero-order chi connectivity index (χ0) is 22.4. The first-order valence-corrected chi connectivity index (χ1v) is 12.1. The molecule has 3 aliphatic heterocycles. The minimum absolute atomic E-state index is 0.0509. The zero-order valence-electron chi connectivity index (χ0n) is 17.9. The SMILES string of the molecule is CCOC(=O)C1C[C@@]2(CC)CCCN3CCc4c(n1c1ccccc41)[C@H]32.[O-][Cl+3]([O-])([O-])O. The summed E-state index contributed by atoms with van der Waals surface area (Å²) in [6.07, 6.45) is 5.60. The number of hydrogen-bond donors (Lipinski definition) is 1. The summed E-state index contributed by atoms with van der Waals surface area (Å²) in [4.78, 5) is 15.7. The van der Waals surface area contributed by atoms with Crippen LogP contribution in [0.3, 0.4) is 0 Å². The van der Waals surface area contributed by atoms with Gasteiger partial charge < -0.3 is 9.30 Å². The lowest BCUT2D eigenvalue weighted by Gasteiger charge is -2.56. The predicted molar refractivity (Wildman–Crippen MR) is 104 cm³/mol. The number of para-hydroxylation sites is 1. The number of piperidine rings is 1. The van der Waals surface area contributed by atoms with E-state index in [1.807, 2.05) is 6.92 Å². The average Bonchev–Trinajstić information content (AvgIpc) is 3.06. The van der Waals surface area contributed by atoms with Crippen LogP contribution in [0.4, 0.5) is 0 Å². The molecule has 1 fully saturated rings. The molecule has 0 amide bonds. The number of carbonyl (C=O) groups is 1. The highest BCUT2D eigenvalue weighted by Gasteiger charge is 2.54. The van der Waals surface area contributed by atoms with Crippen LogP contribution in [-0.2, 0) is 16.0 Å². The molecule has 31 heavy (non-hydrogen) atoms. The van der Waals surface area contributed by atoms with Gasteiger partial charge in [0.15, 0.2) is 0 Å². The van der Waals surface area contributed by atoms with E-state index in [-0.39, 0.29) is 17.4 Å². The van der Waals surface area contributed by atoms with Crippen molar-refractivity contribution in [2.75, 3.05) is 19.7 Å². The Morgan fingerprint density at radius 1 is 1.26 bits per heavy atom. The van der Waals surface area contributed by atoms with Gasteiger partial charge in [-0.15, -0.1) is 0 Å². The van der Waals surface area contributed by atoms with E-state index in [1.54, 1.807) is 0 Å². The first-order chi connectivity index (χ1) is 14.7. The summed E-state index contributed by atoms with van der Waals surface area (Å²) in [5.74, 6) is -0.0509. The van der Waals surface area contributed by atoms with Crippen LogP contribution in [0.5, 0.6) is 0 Å². The highest BCUT2D eigenvalue weighted by atomic mass is 35.7. The standard InChI is InChI=1S/C22H28N2O2.ClHO4/c1-3-22-11-7-12-23-13-10-16-15-8-5-6-9-17(15)24(19(16)20(22)23)18(14-22)21(25)26-4-2;2-1(3,4)5/h5-6,8-9,18,20H,3-4,7,10-14H2,1-2H3;(H,2,3,4,5)/t18?,20-,22+;/m0./s1. The Hall–Kier alpha value is -1.68. The fourth-order valence-corrected chi connectivity index (χ4v) is 6.13. The number of rotatable bonds is 3. The number of aromatic nitrogens is 1. The van der Waals surface area contributed by atoms with Crippen molar-refractivity contribution < 1.29 is 38.4 Å². The first kappa shape index (κ1) is 22.5. The number of nitrogens with zero attached hydrogens (tertiary/aromatic N) is 2. The largest absolute Gasteiger partial charge is 0.464 e. The third kappa shape index (κ3) is 3.97. The van der Waals surface area contributed by atoms with E-state index in [1.165, 1.54) is 41.5 Å². The minimum Gasteiger partial charge on any atom is -0.464 e. The van der Waals surface area contributed by atoms with Gasteiger partial charge in [-0.2, -0.15) is 14.0 Å². The Kier molecular flexibility index (Phi) is 6.06. The molecule has 1 N–H and O–H groups in total. The maximum atomic E-state index is 13.0. The van der Waals surface area contributed by atoms with Gasteiger partial charge in [0.2, 0.25) is 0 Å². The molecule has 1 saturated heterocycles. The van der Waals surface area contributed by atoms with Crippen LogP contribution in [-0.4, -0.2) is 39.8 Å². The number of hydrogen-bond acceptors (Lipinski definition) is 7. The van der Waals surface area contributed by atoms with Crippen LogP contribution < -0.4 is 14.0 Å². The molecule has 0 spiro atoms. The van der Waals surface area contributed by atoms with Gasteiger partial charge in [-0.05, 0) is 62.6 Å². The number of esters is 1. The third-order valence-corrected chi connectivity index (χ3v) is 7.20. The summed E-state index contributed by atoms with van der Waals surface area (Å²) in [7, 11) is -4.69. The van der Waals surface area contributed by atoms with E-state index in [0.29, 0.717) is 12.6 Å². The lowest BCUT2D eigenvalue weighted by atomic mass is 9.63. The Morgan fingerprint density at radius 2 is 1.97 bits per heavy atom. The van der Waals surface area contributed by atoms with E-state index in [4.69, 9.17) is 23.4 Å². The van der Waals surface area contributed by atoms with Gasteiger partial charge >= 0.3 is 5.97 Å². The van der Waals surface area contributed by atoms with Crippen LogP contribution >= 0.6 is 0 Å². The van der Waals surface area contributed by atoms with Crippen molar-refractivity contribution in [2.45, 2.75) is 58.0 Å². The molecule has 3 aliphatic rings. The molecule has 1 aromatic carbocycles. The number of halogens is 1. The van der Waals surface area contributed by atoms with Gasteiger partial charge in [0.1, 0.15) is 6.04 Å². The molecule has 0 bridgehead atoms. The van der Waals surface area contributed by atoms with E-state index in [2.05, 4.69) is 40.7 Å². The Labute approximate surface area is 183 Å². The molecule has 8 nitrogen and oxygen atoms in total. The van der Waals surface area contributed by atoms with Crippen LogP contribution in [0.1, 0.15) is 62.9 Å². The van der Waals surface area contributed by atoms with E-state index in [9.17, 15) is 4.79 Å². The van der Waals surface area contributed by atoms with Crippen LogP contribution in [0.2, 0.25) is 0 Å². The Bertz CT molecular complexity index is 965. The third-order valence-electron chi connectivity index (χ3n) is 7.20. The normalized spacial score (nSPS) is 27.3. The summed E-state index contributed by atoms with van der Waals surface area (Å²) >= 11 is 0. The van der Waals surface area contributed by atoms with Gasteiger partial charge in [-0.3, -0.25) is 4.90 Å². The molecule has 170 valence electrons. The van der Waals surface area contributed by atoms with Gasteiger partial charge in [-0.25, -0.2) is 4.79 Å². The van der Waals surface area contributed by atoms with Crippen LogP contribution in [0.25, 0.3) is 10.9 Å². The van der Waals surface area contributed by atoms with Crippen molar-refractivity contribution in [3.63, 3.8) is 0 Å². The lowest BCUT2D eigenvalue weighted by molar-refractivity contribution is -1.92. The predicted octanol–water partition coefficient (Wildman–Crippen LogP) is 0.115. The van der Waals surface area contributed by atoms with Crippen molar-refractivity contribution in [1.29, 1.82) is 0 Å². The summed E-state index contributed by atoms with van der Waals surface area (Å²) in [5, 5.41) is 1.34. The molecule has 5 rings (SSSR count). The summed E-state index contributed by atoms with van der Waals surface area (Å²) < 4.78 is 40.6. The van der Waals surface area contributed by atoms with E-state index in [0.717, 1.165) is 25.8 Å². The maximum Gasteiger partial charge on any atom is 0.329 e. The summed E-state index contributed by atoms with van der Waals surface area (Å²) in [6.45, 7) is 7.02. The molecular formula is C22H29ClN2O6. The number of carbonyl (C=O) groups excluding carboxylic acids is 1. The van der Waals surface area contributed by atoms with Crippen molar-refractivity contribution >= 4 is 16.9 Å². The first-order valence-electron chi connectivity index (χ1n) is 10.9. The monoisotopic (exact) mass is 452 g/mol. The molecule has 1 unspecified atom stereocenters. The maximum absolute atomic E-state index is 13.0. The van der Waals surface area contributed by atoms with Gasteiger partial charge in [0, 0.05) is 23.1 Å². The van der Waals surface area contributed by atoms with Crippen molar-refractivity contribution in [1.82, 2.24) is 9.47 Å². The smallest absolute Gasteiger partial charge is 0.329 e. The second-order valence-corrected chi connectivity index (χ2v) is 9.42. The van der Waals surface area contributed by atoms with Crippen LogP contribution in [0, 0.1) is 15.7 Å². The molecule has 9 heteroatoms. The van der Waals surface area contributed by atoms with Crippen LogP contribution in [0.15, 0.2) is 24.3 Å². The van der Waals surface area contributed by atoms with Gasteiger partial charge in [-0.1, -0.05) is 25.1 Å². The fraction of sp³-hybridized carbons (Fsp3) is 0.591. The van der Waals surface area contributed by atoms with E-state index >= 15 is 0 Å². The van der Waals surface area contributed by atoms with Gasteiger partial charge in [0.05, 0.1) is 27.6 Å². The molecule has 4 heterocycles. The molecule has 2 aromatic rings. The fourth-order valence-electron chi connectivity index (χ4n) is 6.13. The second-order valence-electron chi connectivity index (χ2n) is 8.63. The average molecular weight is 453 g/mol. The number of fused-ring (bicyclic) bond motifs is 3. The molecular weight excluding hydrogens is 424 g/mol. The lowest BCUT2D eigenvalue weighted by Crippen LogP contribution is -2.58. The summed E-state index contributed by atoms with van der Waals surface area (Å²) in [6, 6.07) is 8.93. The van der Waals surface area contributed by atoms with Crippen molar-refractivity contribution in [2.24, 2.45) is 5.41 Å². The Morgan fingerprint density at radius 3 is 2.65 bits per heavy atom. The highest BCUT2D eigenvalue weighted by molar-refractivity contribution is 5.89. The molecule has 3 atom stereocenters.